The van der Waals surface area contributed by atoms with Crippen LogP contribution in [0.25, 0.3) is 16.6 Å². The van der Waals surface area contributed by atoms with Crippen molar-refractivity contribution in [3.63, 3.8) is 0 Å². The fourth-order valence-electron chi connectivity index (χ4n) is 10.3. The van der Waals surface area contributed by atoms with Crippen LogP contribution in [0.2, 0.25) is 0 Å². The minimum atomic E-state index is -0.289. The molecule has 3 aliphatic rings. The molecule has 7 rings (SSSR count). The van der Waals surface area contributed by atoms with Crippen molar-refractivity contribution >= 4 is 51.4 Å². The number of piperidine rings is 1. The number of nitrogens with one attached hydrogen (secondary N) is 2. The average molecular weight is 1080 g/mol. The number of benzene rings is 2. The monoisotopic (exact) mass is 1080 g/mol. The molecule has 2 fully saturated rings. The van der Waals surface area contributed by atoms with Crippen LogP contribution < -0.4 is 15.5 Å². The predicted molar refractivity (Wildman–Crippen MR) is 334 cm³/mol. The minimum Gasteiger partial charge on any atom is -0.500 e. The number of Topliss-reactive ketones (excluding diaryl/α,β-unsaturated/α-hetero) is 2. The molecule has 2 aliphatic heterocycles. The van der Waals surface area contributed by atoms with E-state index in [4.69, 9.17) is 9.72 Å². The van der Waals surface area contributed by atoms with E-state index < -0.39 is 0 Å². The van der Waals surface area contributed by atoms with Crippen LogP contribution in [0, 0.1) is 20.8 Å². The van der Waals surface area contributed by atoms with Crippen LogP contribution in [0.15, 0.2) is 54.3 Å². The number of fused-ring (bicyclic) bond motifs is 1. The highest BCUT2D eigenvalue weighted by molar-refractivity contribution is 6.04. The van der Waals surface area contributed by atoms with Gasteiger partial charge in [0.15, 0.2) is 5.78 Å². The predicted octanol–water partition coefficient (Wildman–Crippen LogP) is 15.9. The molecule has 1 amide bonds. The number of hydrogen-bond acceptors (Lipinski definition) is 9. The Morgan fingerprint density at radius 2 is 1.44 bits per heavy atom. The van der Waals surface area contributed by atoms with Gasteiger partial charge in [-0.05, 0) is 140 Å². The molecular weight excluding hydrogens is 969 g/mol. The third kappa shape index (κ3) is 21.9. The maximum absolute atomic E-state index is 13.2. The van der Waals surface area contributed by atoms with E-state index in [9.17, 15) is 14.4 Å². The van der Waals surface area contributed by atoms with E-state index in [1.807, 2.05) is 84.3 Å². The molecule has 2 unspecified atom stereocenters. The van der Waals surface area contributed by atoms with Crippen molar-refractivity contribution in [2.24, 2.45) is 7.05 Å². The summed E-state index contributed by atoms with van der Waals surface area (Å²) in [7, 11) is 8.05. The van der Waals surface area contributed by atoms with Crippen LogP contribution in [0.1, 0.15) is 218 Å². The number of pyridine rings is 1. The van der Waals surface area contributed by atoms with Gasteiger partial charge < -0.3 is 33.7 Å². The molecule has 0 spiro atoms. The Morgan fingerprint density at radius 3 is 1.99 bits per heavy atom. The number of ether oxygens (including phenoxy) is 1. The topological polar surface area (TPSA) is 122 Å². The van der Waals surface area contributed by atoms with Crippen LogP contribution >= 0.6 is 0 Å². The Labute approximate surface area is 475 Å². The number of carbonyl (C=O) groups is 3. The molecule has 1 aliphatic carbocycles. The summed E-state index contributed by atoms with van der Waals surface area (Å²) in [6.07, 6.45) is 19.6. The lowest BCUT2D eigenvalue weighted by Crippen LogP contribution is -2.51. The van der Waals surface area contributed by atoms with E-state index in [0.29, 0.717) is 36.8 Å². The van der Waals surface area contributed by atoms with Gasteiger partial charge in [-0.25, -0.2) is 4.98 Å². The molecule has 12 heteroatoms. The zero-order valence-corrected chi connectivity index (χ0v) is 52.7. The molecule has 438 valence electrons. The third-order valence-corrected chi connectivity index (χ3v) is 15.3. The number of rotatable bonds is 20. The number of imidazole rings is 1. The number of unbranched alkanes of at least 4 members (excludes halogenated alkanes) is 2. The van der Waals surface area contributed by atoms with Crippen LogP contribution in [0.4, 0.5) is 17.3 Å². The van der Waals surface area contributed by atoms with Crippen LogP contribution in [0.3, 0.4) is 0 Å². The summed E-state index contributed by atoms with van der Waals surface area (Å²) >= 11 is 0. The van der Waals surface area contributed by atoms with E-state index >= 15 is 0 Å². The zero-order valence-electron chi connectivity index (χ0n) is 52.7. The smallest absolute Gasteiger partial charge is 0.258 e. The number of anilines is 3. The number of likely N-dealkylation sites (N-methyl/N-ethyl adjacent to an activating group) is 1. The van der Waals surface area contributed by atoms with Gasteiger partial charge in [-0.15, -0.1) is 0 Å². The van der Waals surface area contributed by atoms with Gasteiger partial charge in [0.1, 0.15) is 17.6 Å². The second kappa shape index (κ2) is 37.0. The van der Waals surface area contributed by atoms with Crippen molar-refractivity contribution in [2.45, 2.75) is 224 Å². The first-order valence-corrected chi connectivity index (χ1v) is 30.6. The zero-order chi connectivity index (χ0) is 58.4. The Bertz CT molecular complexity index is 2400. The van der Waals surface area contributed by atoms with Crippen molar-refractivity contribution in [1.29, 1.82) is 0 Å². The highest BCUT2D eigenvalue weighted by Gasteiger charge is 2.37. The number of aryl methyl sites for hydroxylation is 4. The van der Waals surface area contributed by atoms with Gasteiger partial charge >= 0.3 is 0 Å². The Morgan fingerprint density at radius 1 is 0.795 bits per heavy atom. The van der Waals surface area contributed by atoms with E-state index in [-0.39, 0.29) is 29.6 Å². The minimum absolute atomic E-state index is 0.133. The van der Waals surface area contributed by atoms with E-state index in [1.54, 1.807) is 14.0 Å². The lowest BCUT2D eigenvalue weighted by molar-refractivity contribution is -0.906. The number of hydrogen-bond donors (Lipinski definition) is 2. The standard InChI is InChI=1S/C28H47N3O2.C25H31N5O2.C5H10.C4H10.2C2H6/c1-6-9-18-30(17-8-3)25-15-19-31(20-16-25)27-14-12-24(21-22(27)4)29-26(13-11-23(5)32)28(33)10-7-2;1-15-8-9-19-21(12-15)29(4)25(27-19)28-24(31)18-13-16(2)26-20(14-18)23-17(3)30(5,6)11-10-22(23)32-7;1-2-4-5-3-1;1-3-4-2;2*1-2/h12,14,21,25-26,29H,6-11,13,15-20H2,1-5H3;8-9,12-14,17H,10-11H2,1-7H3;1-5H2;3-4H2,1-2H3;2*1-2H3/p+1. The van der Waals surface area contributed by atoms with Gasteiger partial charge in [0.05, 0.1) is 62.5 Å². The molecular formula is C66H111N8O4+. The summed E-state index contributed by atoms with van der Waals surface area (Å²) in [6.45, 7) is 34.5. The van der Waals surface area contributed by atoms with Crippen LogP contribution in [-0.4, -0.2) is 113 Å². The second-order valence-corrected chi connectivity index (χ2v) is 21.8. The van der Waals surface area contributed by atoms with Gasteiger partial charge in [-0.2, -0.15) is 0 Å². The van der Waals surface area contributed by atoms with Crippen molar-refractivity contribution in [2.75, 3.05) is 69.5 Å². The third-order valence-electron chi connectivity index (χ3n) is 15.3. The molecule has 12 nitrogen and oxygen atoms in total. The van der Waals surface area contributed by atoms with Crippen molar-refractivity contribution in [1.82, 2.24) is 19.4 Å². The normalized spacial score (nSPS) is 16.1. The fourth-order valence-corrected chi connectivity index (χ4v) is 10.3. The highest BCUT2D eigenvalue weighted by atomic mass is 16.5. The fraction of sp³-hybridized carbons (Fsp3) is 0.652. The van der Waals surface area contributed by atoms with Gasteiger partial charge in [0, 0.05) is 61.7 Å². The summed E-state index contributed by atoms with van der Waals surface area (Å²) in [5, 5.41) is 6.40. The number of amides is 1. The van der Waals surface area contributed by atoms with Crippen molar-refractivity contribution in [3.05, 3.63) is 82.4 Å². The van der Waals surface area contributed by atoms with Crippen molar-refractivity contribution in [3.8, 4) is 0 Å². The summed E-state index contributed by atoms with van der Waals surface area (Å²) in [5.74, 6) is 1.59. The first-order chi connectivity index (χ1) is 37.4. The maximum Gasteiger partial charge on any atom is 0.258 e. The molecule has 2 aromatic carbocycles. The quantitative estimate of drug-likeness (QED) is 0.0833. The van der Waals surface area contributed by atoms with Gasteiger partial charge in [-0.1, -0.05) is 120 Å². The number of quaternary nitrogens is 1. The molecule has 0 radical (unpaired) electrons. The Hall–Kier alpha value is -5.07. The number of carbonyl (C=O) groups excluding carboxylic acids is 3. The Balaban J connectivity index is 0.000000435. The maximum atomic E-state index is 13.2. The van der Waals surface area contributed by atoms with Gasteiger partial charge in [0.2, 0.25) is 5.95 Å². The molecule has 1 saturated carbocycles. The van der Waals surface area contributed by atoms with E-state index in [2.05, 4.69) is 105 Å². The van der Waals surface area contributed by atoms with Gasteiger partial charge in [0.25, 0.3) is 5.91 Å². The number of nitrogens with zero attached hydrogens (tertiary/aromatic N) is 6. The summed E-state index contributed by atoms with van der Waals surface area (Å²) in [4.78, 5) is 51.9. The molecule has 2 N–H and O–H groups in total. The molecule has 1 saturated heterocycles. The number of aromatic nitrogens is 3. The largest absolute Gasteiger partial charge is 0.500 e. The molecule has 0 bridgehead atoms. The molecule has 78 heavy (non-hydrogen) atoms. The van der Waals surface area contributed by atoms with E-state index in [0.717, 1.165) is 82.0 Å². The van der Waals surface area contributed by atoms with E-state index in [1.165, 1.54) is 101 Å². The highest BCUT2D eigenvalue weighted by Crippen LogP contribution is 2.35. The summed E-state index contributed by atoms with van der Waals surface area (Å²) in [6, 6.07) is 16.8. The second-order valence-electron chi connectivity index (χ2n) is 21.8. The molecule has 4 aromatic rings. The first-order valence-electron chi connectivity index (χ1n) is 30.6. The summed E-state index contributed by atoms with van der Waals surface area (Å²) < 4.78 is 8.49. The number of methoxy groups -OCH3 is 1. The van der Waals surface area contributed by atoms with Gasteiger partial charge in [-0.3, -0.25) is 19.9 Å². The van der Waals surface area contributed by atoms with Crippen molar-refractivity contribution < 1.29 is 23.6 Å². The lowest BCUT2D eigenvalue weighted by atomic mass is 9.93. The average Bonchev–Trinajstić information content (AvgIpc) is 4.16. The van der Waals surface area contributed by atoms with Crippen LogP contribution in [0.5, 0.6) is 0 Å². The molecule has 2 aromatic heterocycles. The first kappa shape index (κ1) is 69.0. The number of ketones is 2. The summed E-state index contributed by atoms with van der Waals surface area (Å²) in [5.41, 5.74) is 9.71. The van der Waals surface area contributed by atoms with Crippen LogP contribution in [-0.2, 0) is 21.4 Å². The lowest BCUT2D eigenvalue weighted by Gasteiger charge is -2.41. The molecule has 2 atom stereocenters. The Kier molecular flexibility index (Phi) is 32.7. The molecule has 4 heterocycles. The SMILES string of the molecule is C1CCCC1.CC.CC.CCCC.CCCCN(CCC)C1CCN(c2ccc(NC(CCC(C)=O)C(=O)CCC)cc2C)CC1.COC1=C(c2cc(C(=O)Nc3nc4ccc(C)cc4n3C)cc(C)n2)C(C)[N+](C)(C)CC1.